The second kappa shape index (κ2) is 12.7. The summed E-state index contributed by atoms with van der Waals surface area (Å²) in [5, 5.41) is 2.87. The fourth-order valence-corrected chi connectivity index (χ4v) is 4.93. The van der Waals surface area contributed by atoms with E-state index in [0.717, 1.165) is 28.7 Å². The van der Waals surface area contributed by atoms with Crippen molar-refractivity contribution in [1.29, 1.82) is 0 Å². The van der Waals surface area contributed by atoms with Gasteiger partial charge in [0.15, 0.2) is 0 Å². The Hall–Kier alpha value is -2.87. The molecule has 0 unspecified atom stereocenters. The monoisotopic (exact) mass is 501 g/mol. The minimum Gasteiger partial charge on any atom is -0.354 e. The van der Waals surface area contributed by atoms with E-state index in [9.17, 15) is 18.0 Å². The fourth-order valence-electron chi connectivity index (χ4n) is 3.92. The zero-order valence-electron chi connectivity index (χ0n) is 21.8. The first kappa shape index (κ1) is 28.4. The van der Waals surface area contributed by atoms with Gasteiger partial charge in [0.2, 0.25) is 21.8 Å². The SMILES string of the molecule is CCCNC(=O)[C@@H](C)N(Cc1ccccc1C)C(=O)CCCN(c1cc(C)ccc1C)S(C)(=O)=O. The van der Waals surface area contributed by atoms with Gasteiger partial charge < -0.3 is 10.2 Å². The van der Waals surface area contributed by atoms with E-state index in [0.29, 0.717) is 25.2 Å². The molecular weight excluding hydrogens is 462 g/mol. The van der Waals surface area contributed by atoms with Crippen molar-refractivity contribution in [2.75, 3.05) is 23.7 Å². The number of amides is 2. The Kier molecular flexibility index (Phi) is 10.3. The number of nitrogens with one attached hydrogen (secondary N) is 1. The topological polar surface area (TPSA) is 86.8 Å². The summed E-state index contributed by atoms with van der Waals surface area (Å²) in [6.45, 7) is 10.5. The second-order valence-corrected chi connectivity index (χ2v) is 11.1. The highest BCUT2D eigenvalue weighted by molar-refractivity contribution is 7.92. The van der Waals surface area contributed by atoms with E-state index in [1.54, 1.807) is 11.8 Å². The molecule has 0 aromatic heterocycles. The van der Waals surface area contributed by atoms with Crippen LogP contribution in [-0.4, -0.2) is 50.5 Å². The van der Waals surface area contributed by atoms with Crippen LogP contribution in [0.4, 0.5) is 5.69 Å². The first-order chi connectivity index (χ1) is 16.5. The molecule has 7 nitrogen and oxygen atoms in total. The highest BCUT2D eigenvalue weighted by Crippen LogP contribution is 2.25. The Morgan fingerprint density at radius 1 is 1.03 bits per heavy atom. The molecule has 0 aliphatic rings. The molecule has 8 heteroatoms. The van der Waals surface area contributed by atoms with E-state index in [2.05, 4.69) is 5.32 Å². The lowest BCUT2D eigenvalue weighted by Crippen LogP contribution is -2.48. The molecule has 35 heavy (non-hydrogen) atoms. The van der Waals surface area contributed by atoms with Crippen LogP contribution in [0.5, 0.6) is 0 Å². The standard InChI is InChI=1S/C27H39N3O4S/c1-7-16-28-27(32)23(5)29(19-24-12-9-8-11-21(24)3)26(31)13-10-17-30(35(6,33)34)25-18-20(2)14-15-22(25)4/h8-9,11-12,14-15,18,23H,7,10,13,16-17,19H2,1-6H3,(H,28,32)/t23-/m1/s1. The molecular formula is C27H39N3O4S. The van der Waals surface area contributed by atoms with Crippen molar-refractivity contribution in [2.24, 2.45) is 0 Å². The van der Waals surface area contributed by atoms with Crippen LogP contribution in [0.2, 0.25) is 0 Å². The molecule has 0 spiro atoms. The Labute approximate surface area is 210 Å². The maximum Gasteiger partial charge on any atom is 0.242 e. The minimum absolute atomic E-state index is 0.133. The molecule has 1 N–H and O–H groups in total. The number of hydrogen-bond acceptors (Lipinski definition) is 4. The number of nitrogens with zero attached hydrogens (tertiary/aromatic N) is 2. The number of hydrogen-bond donors (Lipinski definition) is 1. The Bertz CT molecular complexity index is 1130. The van der Waals surface area contributed by atoms with Gasteiger partial charge in [-0.15, -0.1) is 0 Å². The van der Waals surface area contributed by atoms with Crippen LogP contribution in [0.3, 0.4) is 0 Å². The molecule has 0 aliphatic carbocycles. The molecule has 1 atom stereocenters. The van der Waals surface area contributed by atoms with Gasteiger partial charge in [0, 0.05) is 26.1 Å². The Balaban J connectivity index is 2.20. The van der Waals surface area contributed by atoms with Gasteiger partial charge in [0.25, 0.3) is 0 Å². The van der Waals surface area contributed by atoms with Crippen molar-refractivity contribution in [1.82, 2.24) is 10.2 Å². The summed E-state index contributed by atoms with van der Waals surface area (Å²) in [7, 11) is -3.53. The van der Waals surface area contributed by atoms with E-state index in [1.165, 1.54) is 10.6 Å². The van der Waals surface area contributed by atoms with E-state index < -0.39 is 16.1 Å². The van der Waals surface area contributed by atoms with Gasteiger partial charge in [-0.05, 0) is 68.9 Å². The molecule has 0 radical (unpaired) electrons. The molecule has 0 fully saturated rings. The number of anilines is 1. The van der Waals surface area contributed by atoms with Crippen molar-refractivity contribution in [3.63, 3.8) is 0 Å². The third kappa shape index (κ3) is 8.09. The molecule has 2 aromatic rings. The van der Waals surface area contributed by atoms with Gasteiger partial charge in [-0.25, -0.2) is 8.42 Å². The second-order valence-electron chi connectivity index (χ2n) is 9.14. The summed E-state index contributed by atoms with van der Waals surface area (Å²) in [6.07, 6.45) is 2.46. The number of sulfonamides is 1. The van der Waals surface area contributed by atoms with Crippen molar-refractivity contribution >= 4 is 27.5 Å². The molecule has 0 bridgehead atoms. The third-order valence-corrected chi connectivity index (χ3v) is 7.28. The lowest BCUT2D eigenvalue weighted by molar-refractivity contribution is -0.140. The van der Waals surface area contributed by atoms with Crippen LogP contribution < -0.4 is 9.62 Å². The average Bonchev–Trinajstić information content (AvgIpc) is 2.80. The van der Waals surface area contributed by atoms with Gasteiger partial charge >= 0.3 is 0 Å². The number of carbonyl (C=O) groups is 2. The van der Waals surface area contributed by atoms with Gasteiger partial charge in [0.05, 0.1) is 11.9 Å². The minimum atomic E-state index is -3.53. The Morgan fingerprint density at radius 2 is 1.71 bits per heavy atom. The molecule has 0 heterocycles. The maximum absolute atomic E-state index is 13.3. The number of rotatable bonds is 12. The molecule has 0 aliphatic heterocycles. The average molecular weight is 502 g/mol. The predicted molar refractivity (Wildman–Crippen MR) is 142 cm³/mol. The van der Waals surface area contributed by atoms with E-state index >= 15 is 0 Å². The summed E-state index contributed by atoms with van der Waals surface area (Å²) in [5.74, 6) is -0.372. The number of benzene rings is 2. The largest absolute Gasteiger partial charge is 0.354 e. The molecule has 2 aromatic carbocycles. The molecule has 0 saturated heterocycles. The van der Waals surface area contributed by atoms with E-state index in [4.69, 9.17) is 0 Å². The summed E-state index contributed by atoms with van der Waals surface area (Å²) < 4.78 is 26.5. The van der Waals surface area contributed by atoms with Crippen LogP contribution >= 0.6 is 0 Å². The number of aryl methyl sites for hydroxylation is 3. The smallest absolute Gasteiger partial charge is 0.242 e. The number of carbonyl (C=O) groups excluding carboxylic acids is 2. The van der Waals surface area contributed by atoms with Crippen LogP contribution in [0, 0.1) is 20.8 Å². The predicted octanol–water partition coefficient (Wildman–Crippen LogP) is 4.10. The maximum atomic E-state index is 13.3. The van der Waals surface area contributed by atoms with Crippen molar-refractivity contribution in [3.8, 4) is 0 Å². The van der Waals surface area contributed by atoms with Crippen molar-refractivity contribution in [3.05, 3.63) is 64.7 Å². The molecule has 2 rings (SSSR count). The molecule has 0 saturated carbocycles. The van der Waals surface area contributed by atoms with Gasteiger partial charge in [-0.3, -0.25) is 13.9 Å². The normalized spacial score (nSPS) is 12.2. The fraction of sp³-hybridized carbons (Fsp3) is 0.481. The van der Waals surface area contributed by atoms with Crippen LogP contribution in [0.25, 0.3) is 0 Å². The first-order valence-corrected chi connectivity index (χ1v) is 14.0. The zero-order valence-corrected chi connectivity index (χ0v) is 22.6. The lowest BCUT2D eigenvalue weighted by Gasteiger charge is -2.30. The van der Waals surface area contributed by atoms with Crippen LogP contribution in [0.15, 0.2) is 42.5 Å². The summed E-state index contributed by atoms with van der Waals surface area (Å²) in [4.78, 5) is 27.6. The molecule has 2 amide bonds. The zero-order chi connectivity index (χ0) is 26.2. The first-order valence-electron chi connectivity index (χ1n) is 12.1. The lowest BCUT2D eigenvalue weighted by atomic mass is 10.1. The molecule has 192 valence electrons. The summed E-state index contributed by atoms with van der Waals surface area (Å²) in [6, 6.07) is 12.8. The third-order valence-electron chi connectivity index (χ3n) is 6.10. The van der Waals surface area contributed by atoms with Gasteiger partial charge in [-0.2, -0.15) is 0 Å². The van der Waals surface area contributed by atoms with E-state index in [-0.39, 0.29) is 24.8 Å². The highest BCUT2D eigenvalue weighted by Gasteiger charge is 2.27. The quantitative estimate of drug-likeness (QED) is 0.474. The van der Waals surface area contributed by atoms with Crippen molar-refractivity contribution < 1.29 is 18.0 Å². The highest BCUT2D eigenvalue weighted by atomic mass is 32.2. The van der Waals surface area contributed by atoms with Crippen LogP contribution in [-0.2, 0) is 26.2 Å². The van der Waals surface area contributed by atoms with Crippen LogP contribution in [0.1, 0.15) is 55.4 Å². The van der Waals surface area contributed by atoms with Gasteiger partial charge in [0.1, 0.15) is 6.04 Å². The summed E-state index contributed by atoms with van der Waals surface area (Å²) >= 11 is 0. The van der Waals surface area contributed by atoms with Crippen molar-refractivity contribution in [2.45, 2.75) is 66.5 Å². The summed E-state index contributed by atoms with van der Waals surface area (Å²) in [5.41, 5.74) is 4.47. The Morgan fingerprint density at radius 3 is 2.34 bits per heavy atom. The van der Waals surface area contributed by atoms with E-state index in [1.807, 2.05) is 70.2 Å². The van der Waals surface area contributed by atoms with Gasteiger partial charge in [-0.1, -0.05) is 43.3 Å².